The average molecular weight is 841 g/mol. The molecule has 7 rings (SSSR count). The van der Waals surface area contributed by atoms with Crippen LogP contribution >= 0.6 is 0 Å². The number of pyridine rings is 2. The molecule has 0 aliphatic carbocycles. The molecule has 0 aliphatic rings. The van der Waals surface area contributed by atoms with E-state index in [4.69, 9.17) is 9.90 Å². The second-order valence-corrected chi connectivity index (χ2v) is 19.0. The van der Waals surface area contributed by atoms with Crippen LogP contribution in [0, 0.1) is 19.0 Å². The van der Waals surface area contributed by atoms with Crippen molar-refractivity contribution in [2.45, 2.75) is 65.5 Å². The fraction of sp³-hybridized carbons (Fsp3) is 0.227. The van der Waals surface area contributed by atoms with Crippen molar-refractivity contribution in [3.05, 3.63) is 150 Å². The molecule has 0 amide bonds. The third-order valence-electron chi connectivity index (χ3n) is 8.91. The first kappa shape index (κ1) is 30.9. The summed E-state index contributed by atoms with van der Waals surface area (Å²) in [4.78, 5) is 9.21. The van der Waals surface area contributed by atoms with E-state index in [0.29, 0.717) is 0 Å². The molecule has 7 aromatic rings. The molecule has 0 N–H and O–H groups in total. The summed E-state index contributed by atoms with van der Waals surface area (Å²) in [6.45, 7) is 12.9. The number of benzene rings is 4. The van der Waals surface area contributed by atoms with Gasteiger partial charge in [0.2, 0.25) is 0 Å². The van der Waals surface area contributed by atoms with E-state index in [9.17, 15) is 0 Å². The Morgan fingerprint density at radius 3 is 2.27 bits per heavy atom. The zero-order valence-electron chi connectivity index (χ0n) is 33.1. The second kappa shape index (κ2) is 14.8. The Kier molecular flexibility index (Phi) is 9.30. The summed E-state index contributed by atoms with van der Waals surface area (Å²) in [7, 11) is -1.61. The summed E-state index contributed by atoms with van der Waals surface area (Å²) in [6.07, 6.45) is 3.77. The quantitative estimate of drug-likeness (QED) is 0.124. The van der Waals surface area contributed by atoms with E-state index < -0.39 is 20.8 Å². The number of para-hydroxylation sites is 1. The Morgan fingerprint density at radius 2 is 1.57 bits per heavy atom. The molecular formula is C44H44IrN2OSi-2. The maximum Gasteiger partial charge on any atom is 0.120 e. The van der Waals surface area contributed by atoms with Crippen molar-refractivity contribution in [2.24, 2.45) is 0 Å². The molecule has 3 heterocycles. The Morgan fingerprint density at radius 1 is 0.816 bits per heavy atom. The van der Waals surface area contributed by atoms with Crippen LogP contribution in [0.1, 0.15) is 61.3 Å². The molecule has 3 aromatic heterocycles. The molecule has 251 valence electrons. The maximum atomic E-state index is 8.48. The van der Waals surface area contributed by atoms with Gasteiger partial charge in [-0.25, -0.2) is 0 Å². The molecule has 0 unspecified atom stereocenters. The Balaban J connectivity index is 0.000000203. The van der Waals surface area contributed by atoms with Crippen LogP contribution in [0.4, 0.5) is 0 Å². The van der Waals surface area contributed by atoms with Gasteiger partial charge in [0.15, 0.2) is 0 Å². The third kappa shape index (κ3) is 7.70. The van der Waals surface area contributed by atoms with Gasteiger partial charge >= 0.3 is 0 Å². The Bertz CT molecular complexity index is 2340. The number of aryl methyl sites for hydroxylation is 1. The van der Waals surface area contributed by atoms with E-state index in [-0.39, 0.29) is 31.1 Å². The molecule has 0 saturated heterocycles. The molecule has 1 radical (unpaired) electrons. The van der Waals surface area contributed by atoms with Crippen molar-refractivity contribution in [3.8, 4) is 22.5 Å². The summed E-state index contributed by atoms with van der Waals surface area (Å²) < 4.78 is 37.0. The molecule has 0 bridgehead atoms. The number of nitrogens with zero attached hydrogens (tertiary/aromatic N) is 2. The molecule has 49 heavy (non-hydrogen) atoms. The average Bonchev–Trinajstić information content (AvgIpc) is 3.50. The predicted octanol–water partition coefficient (Wildman–Crippen LogP) is 11.3. The van der Waals surface area contributed by atoms with Crippen molar-refractivity contribution in [3.63, 3.8) is 0 Å². The van der Waals surface area contributed by atoms with Gasteiger partial charge in [-0.15, -0.1) is 53.6 Å². The molecule has 0 saturated carbocycles. The van der Waals surface area contributed by atoms with Crippen molar-refractivity contribution in [2.75, 3.05) is 0 Å². The van der Waals surface area contributed by atoms with Crippen molar-refractivity contribution >= 4 is 35.2 Å². The fourth-order valence-corrected chi connectivity index (χ4v) is 7.64. The van der Waals surface area contributed by atoms with Gasteiger partial charge in [0.25, 0.3) is 0 Å². The van der Waals surface area contributed by atoms with Crippen LogP contribution in [-0.2, 0) is 25.5 Å². The standard InChI is InChI=1S/C26H20NO.C18H24NSi.Ir/c1-26(2,18-9-4-3-5-10-18)19-15-16-27-23(17-19)22-13-8-12-21-20-11-6-7-14-24(20)28-25(21)22;1-13(2)16-11-17(15-9-7-14(3)8-10-15)19-12-18(16)20(4,5)6;/h3-12,14-17H,1-2H3;7-9,11-13H,1-6H3;/q2*-1;/i;3D3,13D;. The number of hydrogen-bond acceptors (Lipinski definition) is 3. The Labute approximate surface area is 311 Å². The number of rotatable bonds is 6. The largest absolute Gasteiger partial charge is 0.501 e. The molecule has 0 spiro atoms. The Hall–Kier alpha value is -4.15. The van der Waals surface area contributed by atoms with Crippen molar-refractivity contribution < 1.29 is 30.0 Å². The van der Waals surface area contributed by atoms with Crippen LogP contribution in [0.2, 0.25) is 19.6 Å². The van der Waals surface area contributed by atoms with Crippen LogP contribution < -0.4 is 5.19 Å². The maximum absolute atomic E-state index is 8.48. The molecule has 0 fully saturated rings. The molecule has 3 nitrogen and oxygen atoms in total. The van der Waals surface area contributed by atoms with Gasteiger partial charge in [-0.05, 0) is 45.7 Å². The number of fused-ring (bicyclic) bond motifs is 3. The first-order chi connectivity index (χ1) is 24.4. The van der Waals surface area contributed by atoms with Gasteiger partial charge in [0, 0.05) is 48.8 Å². The minimum absolute atomic E-state index is 0. The van der Waals surface area contributed by atoms with Gasteiger partial charge in [-0.3, -0.25) is 0 Å². The zero-order chi connectivity index (χ0) is 37.5. The topological polar surface area (TPSA) is 38.9 Å². The molecule has 4 aromatic carbocycles. The normalized spacial score (nSPS) is 13.4. The SMILES string of the molecule is CC(C)(c1ccccc1)c1ccnc(-c2[c-]ccc3c2oc2ccccc23)c1.[2H]C([2H])([2H])c1c[c-]c(-c2cc(C([2H])(C)C)c([Si](C)(C)C)cn2)cc1.[Ir]. The molecule has 0 atom stereocenters. The van der Waals surface area contributed by atoms with Crippen LogP contribution in [-0.4, -0.2) is 18.0 Å². The fourth-order valence-electron chi connectivity index (χ4n) is 6.06. The van der Waals surface area contributed by atoms with E-state index in [0.717, 1.165) is 50.0 Å². The van der Waals surface area contributed by atoms with Crippen molar-refractivity contribution in [1.29, 1.82) is 0 Å². The van der Waals surface area contributed by atoms with E-state index in [2.05, 4.69) is 110 Å². The number of furan rings is 1. The number of hydrogen-bond donors (Lipinski definition) is 0. The van der Waals surface area contributed by atoms with Crippen LogP contribution in [0.5, 0.6) is 0 Å². The summed E-state index contributed by atoms with van der Waals surface area (Å²) in [5.74, 6) is -0.716. The third-order valence-corrected chi connectivity index (χ3v) is 10.9. The van der Waals surface area contributed by atoms with E-state index in [1.165, 1.54) is 22.4 Å². The first-order valence-corrected chi connectivity index (χ1v) is 19.8. The van der Waals surface area contributed by atoms with E-state index in [1.807, 2.05) is 56.6 Å². The zero-order valence-corrected chi connectivity index (χ0v) is 32.5. The summed E-state index contributed by atoms with van der Waals surface area (Å²) >= 11 is 0. The monoisotopic (exact) mass is 841 g/mol. The molecule has 5 heteroatoms. The van der Waals surface area contributed by atoms with Gasteiger partial charge in [-0.2, -0.15) is 0 Å². The van der Waals surface area contributed by atoms with Crippen LogP contribution in [0.3, 0.4) is 0 Å². The summed E-state index contributed by atoms with van der Waals surface area (Å²) in [5.41, 5.74) is 8.60. The molecular weight excluding hydrogens is 793 g/mol. The van der Waals surface area contributed by atoms with Gasteiger partial charge in [0.05, 0.1) is 13.7 Å². The number of aromatic nitrogens is 2. The minimum Gasteiger partial charge on any atom is -0.501 e. The van der Waals surface area contributed by atoms with Gasteiger partial charge in [0.1, 0.15) is 5.58 Å². The minimum atomic E-state index is -2.13. The van der Waals surface area contributed by atoms with Crippen LogP contribution in [0.15, 0.2) is 120 Å². The predicted molar refractivity (Wildman–Crippen MR) is 205 cm³/mol. The second-order valence-electron chi connectivity index (χ2n) is 14.0. The van der Waals surface area contributed by atoms with E-state index >= 15 is 0 Å². The first-order valence-electron chi connectivity index (χ1n) is 18.3. The smallest absolute Gasteiger partial charge is 0.120 e. The van der Waals surface area contributed by atoms with Gasteiger partial charge < -0.3 is 14.4 Å². The summed E-state index contributed by atoms with van der Waals surface area (Å²) in [5, 5.41) is 3.40. The van der Waals surface area contributed by atoms with Gasteiger partial charge in [-0.1, -0.05) is 131 Å². The van der Waals surface area contributed by atoms with E-state index in [1.54, 1.807) is 12.1 Å². The van der Waals surface area contributed by atoms with Crippen molar-refractivity contribution in [1.82, 2.24) is 9.97 Å². The molecule has 0 aliphatic heterocycles. The summed E-state index contributed by atoms with van der Waals surface area (Å²) in [6, 6.07) is 40.1. The van der Waals surface area contributed by atoms with Crippen LogP contribution in [0.25, 0.3) is 44.5 Å².